The Morgan fingerprint density at radius 2 is 1.78 bits per heavy atom. The highest BCUT2D eigenvalue weighted by Gasteiger charge is 2.21. The molecule has 0 aliphatic carbocycles. The third kappa shape index (κ3) is 5.94. The fraction of sp³-hybridized carbons (Fsp3) is 0.440. The third-order valence-electron chi connectivity index (χ3n) is 6.20. The van der Waals surface area contributed by atoms with E-state index in [4.69, 9.17) is 0 Å². The van der Waals surface area contributed by atoms with Crippen LogP contribution in [0.25, 0.3) is 0 Å². The predicted octanol–water partition coefficient (Wildman–Crippen LogP) is 4.46. The lowest BCUT2D eigenvalue weighted by Crippen LogP contribution is -2.38. The van der Waals surface area contributed by atoms with Gasteiger partial charge >= 0.3 is 0 Å². The van der Waals surface area contributed by atoms with E-state index >= 15 is 0 Å². The first-order valence-corrected chi connectivity index (χ1v) is 11.4. The summed E-state index contributed by atoms with van der Waals surface area (Å²) < 4.78 is 0. The number of amides is 1. The van der Waals surface area contributed by atoms with Crippen LogP contribution in [0, 0.1) is 0 Å². The lowest BCUT2D eigenvalue weighted by Gasteiger charge is -2.22. The Balaban J connectivity index is 0.00000289. The van der Waals surface area contributed by atoms with Gasteiger partial charge in [-0.15, -0.1) is 24.0 Å². The summed E-state index contributed by atoms with van der Waals surface area (Å²) >= 11 is 0. The normalized spacial score (nSPS) is 17.3. The van der Waals surface area contributed by atoms with E-state index in [9.17, 15) is 4.79 Å². The highest BCUT2D eigenvalue weighted by molar-refractivity contribution is 14.0. The van der Waals surface area contributed by atoms with Gasteiger partial charge in [-0.1, -0.05) is 24.3 Å². The van der Waals surface area contributed by atoms with Crippen molar-refractivity contribution in [1.29, 1.82) is 0 Å². The zero-order valence-corrected chi connectivity index (χ0v) is 21.3. The highest BCUT2D eigenvalue weighted by atomic mass is 127. The summed E-state index contributed by atoms with van der Waals surface area (Å²) in [6, 6.07) is 17.2. The summed E-state index contributed by atoms with van der Waals surface area (Å²) in [5, 5.41) is 6.90. The van der Waals surface area contributed by atoms with Gasteiger partial charge in [-0.25, -0.2) is 0 Å². The Kier molecular flexibility index (Phi) is 8.78. The SMILES string of the molecule is CN=C(NCc1ccc(N2CCCC2=O)cc1)NC(C)c1cccc(N2CCCC2)c1.I. The summed E-state index contributed by atoms with van der Waals surface area (Å²) in [6.07, 6.45) is 4.17. The van der Waals surface area contributed by atoms with Gasteiger partial charge in [0.2, 0.25) is 5.91 Å². The van der Waals surface area contributed by atoms with Crippen LogP contribution in [0.15, 0.2) is 53.5 Å². The zero-order chi connectivity index (χ0) is 21.6. The van der Waals surface area contributed by atoms with Crippen LogP contribution in [0.4, 0.5) is 11.4 Å². The second-order valence-electron chi connectivity index (χ2n) is 8.40. The number of hydrogen-bond acceptors (Lipinski definition) is 3. The fourth-order valence-corrected chi connectivity index (χ4v) is 4.35. The molecule has 0 radical (unpaired) electrons. The lowest BCUT2D eigenvalue weighted by molar-refractivity contribution is -0.117. The first-order chi connectivity index (χ1) is 15.1. The van der Waals surface area contributed by atoms with Gasteiger partial charge in [0.05, 0.1) is 6.04 Å². The van der Waals surface area contributed by atoms with Crippen LogP contribution in [0.3, 0.4) is 0 Å². The van der Waals surface area contributed by atoms with Crippen LogP contribution in [0.2, 0.25) is 0 Å². The van der Waals surface area contributed by atoms with Crippen molar-refractivity contribution in [2.45, 2.75) is 45.2 Å². The van der Waals surface area contributed by atoms with Crippen molar-refractivity contribution in [1.82, 2.24) is 10.6 Å². The first kappa shape index (κ1) is 24.4. The lowest BCUT2D eigenvalue weighted by atomic mass is 10.1. The molecule has 172 valence electrons. The Morgan fingerprint density at radius 3 is 2.44 bits per heavy atom. The number of anilines is 2. The zero-order valence-electron chi connectivity index (χ0n) is 19.0. The Hall–Kier alpha value is -2.29. The standard InChI is InChI=1S/C25H33N5O.HI/c1-19(21-7-5-8-23(17-21)29-14-3-4-15-29)28-25(26-2)27-18-20-10-12-22(13-11-20)30-16-6-9-24(30)31;/h5,7-8,10-13,17,19H,3-4,6,9,14-16,18H2,1-2H3,(H2,26,27,28);1H. The molecule has 0 aromatic heterocycles. The van der Waals surface area contributed by atoms with E-state index in [2.05, 4.69) is 63.8 Å². The molecule has 2 heterocycles. The van der Waals surface area contributed by atoms with Crippen molar-refractivity contribution in [2.24, 2.45) is 4.99 Å². The Bertz CT molecular complexity index is 924. The van der Waals surface area contributed by atoms with Crippen LogP contribution in [0.1, 0.15) is 49.8 Å². The van der Waals surface area contributed by atoms with Crippen molar-refractivity contribution in [3.8, 4) is 0 Å². The number of carbonyl (C=O) groups excluding carboxylic acids is 1. The minimum Gasteiger partial charge on any atom is -0.372 e. The number of carbonyl (C=O) groups is 1. The number of halogens is 1. The second-order valence-corrected chi connectivity index (χ2v) is 8.40. The average molecular weight is 547 g/mol. The minimum absolute atomic E-state index is 0. The van der Waals surface area contributed by atoms with Crippen molar-refractivity contribution < 1.29 is 4.79 Å². The van der Waals surface area contributed by atoms with Gasteiger partial charge in [0.15, 0.2) is 5.96 Å². The molecule has 0 spiro atoms. The van der Waals surface area contributed by atoms with Gasteiger partial charge in [-0.3, -0.25) is 9.79 Å². The Morgan fingerprint density at radius 1 is 1.03 bits per heavy atom. The van der Waals surface area contributed by atoms with Crippen molar-refractivity contribution in [3.63, 3.8) is 0 Å². The van der Waals surface area contributed by atoms with E-state index in [1.165, 1.54) is 24.1 Å². The first-order valence-electron chi connectivity index (χ1n) is 11.4. The quantitative estimate of drug-likeness (QED) is 0.319. The largest absolute Gasteiger partial charge is 0.372 e. The van der Waals surface area contributed by atoms with E-state index in [0.717, 1.165) is 43.3 Å². The number of aliphatic imine (C=N–C) groups is 1. The molecule has 0 bridgehead atoms. The summed E-state index contributed by atoms with van der Waals surface area (Å²) in [4.78, 5) is 20.6. The summed E-state index contributed by atoms with van der Waals surface area (Å²) in [5.41, 5.74) is 4.71. The number of nitrogens with zero attached hydrogens (tertiary/aromatic N) is 3. The number of hydrogen-bond donors (Lipinski definition) is 2. The number of rotatable bonds is 6. The molecular formula is C25H34IN5O. The topological polar surface area (TPSA) is 60.0 Å². The van der Waals surface area contributed by atoms with E-state index in [-0.39, 0.29) is 35.9 Å². The molecule has 7 heteroatoms. The minimum atomic E-state index is 0. The molecule has 2 N–H and O–H groups in total. The van der Waals surface area contributed by atoms with Crippen molar-refractivity contribution in [2.75, 3.05) is 36.5 Å². The molecule has 2 aromatic rings. The van der Waals surface area contributed by atoms with E-state index in [1.54, 1.807) is 7.05 Å². The van der Waals surface area contributed by atoms with Gasteiger partial charge in [-0.05, 0) is 61.6 Å². The van der Waals surface area contributed by atoms with Gasteiger partial charge in [-0.2, -0.15) is 0 Å². The summed E-state index contributed by atoms with van der Waals surface area (Å²) in [7, 11) is 1.80. The number of benzene rings is 2. The monoisotopic (exact) mass is 547 g/mol. The maximum atomic E-state index is 11.9. The maximum Gasteiger partial charge on any atom is 0.227 e. The molecule has 6 nitrogen and oxygen atoms in total. The fourth-order valence-electron chi connectivity index (χ4n) is 4.35. The average Bonchev–Trinajstić information content (AvgIpc) is 3.49. The molecule has 0 saturated carbocycles. The molecule has 2 fully saturated rings. The van der Waals surface area contributed by atoms with Crippen LogP contribution in [0.5, 0.6) is 0 Å². The van der Waals surface area contributed by atoms with E-state index in [0.29, 0.717) is 13.0 Å². The smallest absolute Gasteiger partial charge is 0.227 e. The molecule has 4 rings (SSSR count). The van der Waals surface area contributed by atoms with Gasteiger partial charge < -0.3 is 20.4 Å². The third-order valence-corrected chi connectivity index (χ3v) is 6.20. The molecule has 2 aliphatic heterocycles. The molecular weight excluding hydrogens is 513 g/mol. The van der Waals surface area contributed by atoms with Crippen LogP contribution >= 0.6 is 24.0 Å². The molecule has 2 saturated heterocycles. The molecule has 32 heavy (non-hydrogen) atoms. The second kappa shape index (κ2) is 11.5. The highest BCUT2D eigenvalue weighted by Crippen LogP contribution is 2.24. The van der Waals surface area contributed by atoms with Crippen molar-refractivity contribution in [3.05, 3.63) is 59.7 Å². The molecule has 1 atom stereocenters. The molecule has 2 aliphatic rings. The Labute approximate surface area is 208 Å². The van der Waals surface area contributed by atoms with Gasteiger partial charge in [0.1, 0.15) is 0 Å². The number of nitrogens with one attached hydrogen (secondary N) is 2. The number of guanidine groups is 1. The van der Waals surface area contributed by atoms with E-state index in [1.807, 2.05) is 17.0 Å². The van der Waals surface area contributed by atoms with Crippen LogP contribution in [-0.2, 0) is 11.3 Å². The van der Waals surface area contributed by atoms with Gasteiger partial charge in [0.25, 0.3) is 0 Å². The van der Waals surface area contributed by atoms with Crippen LogP contribution < -0.4 is 20.4 Å². The van der Waals surface area contributed by atoms with Gasteiger partial charge in [0, 0.05) is 51.0 Å². The molecule has 1 unspecified atom stereocenters. The van der Waals surface area contributed by atoms with Crippen LogP contribution in [-0.4, -0.2) is 38.5 Å². The molecule has 2 aromatic carbocycles. The summed E-state index contributed by atoms with van der Waals surface area (Å²) in [5.74, 6) is 0.996. The summed E-state index contributed by atoms with van der Waals surface area (Å²) in [6.45, 7) is 5.97. The van der Waals surface area contributed by atoms with Crippen molar-refractivity contribution >= 4 is 47.2 Å². The van der Waals surface area contributed by atoms with E-state index < -0.39 is 0 Å². The molecule has 1 amide bonds. The maximum absolute atomic E-state index is 11.9. The predicted molar refractivity (Wildman–Crippen MR) is 143 cm³/mol.